The van der Waals surface area contributed by atoms with Crippen LogP contribution in [0.4, 0.5) is 22.7 Å². The maximum Gasteiger partial charge on any atom is 0.282 e. The van der Waals surface area contributed by atoms with E-state index < -0.39 is 10.3 Å². The first-order chi connectivity index (χ1) is 17.7. The van der Waals surface area contributed by atoms with E-state index in [-0.39, 0.29) is 45.3 Å². The first-order valence-corrected chi connectivity index (χ1v) is 13.0. The number of hydrogen-bond donors (Lipinski definition) is 2. The minimum Gasteiger partial charge on any atom is -0.377 e. The lowest BCUT2D eigenvalue weighted by atomic mass is 9.76. The Morgan fingerprint density at radius 3 is 2.38 bits per heavy atom. The number of fused-ring (bicyclic) bond motifs is 3. The Labute approximate surface area is 221 Å². The number of alkyl halides is 1. The van der Waals surface area contributed by atoms with E-state index in [9.17, 15) is 25.0 Å². The van der Waals surface area contributed by atoms with Gasteiger partial charge in [-0.15, -0.1) is 23.4 Å². The molecule has 1 heterocycles. The number of thioether (sulfide) groups is 1. The summed E-state index contributed by atoms with van der Waals surface area (Å²) < 4.78 is 0. The SMILES string of the molecule is CC(=O)Nc1ccc2c(c1)C1C(Cl)C(Sc3ccccc3[N+](=O)[O-])CC1C(c1ccccc1[N+](=O)[O-])N2. The molecule has 190 valence electrons. The molecular weight excluding hydrogens is 516 g/mol. The molecule has 37 heavy (non-hydrogen) atoms. The molecule has 3 aromatic carbocycles. The summed E-state index contributed by atoms with van der Waals surface area (Å²) in [7, 11) is 0. The third-order valence-electron chi connectivity index (χ3n) is 6.94. The monoisotopic (exact) mass is 538 g/mol. The summed E-state index contributed by atoms with van der Waals surface area (Å²) in [5, 5.41) is 29.2. The number of benzene rings is 3. The minimum absolute atomic E-state index is 0.0213. The fraction of sp³-hybridized carbons (Fsp3) is 0.269. The number of amides is 1. The molecule has 1 saturated carbocycles. The van der Waals surface area contributed by atoms with Crippen LogP contribution in [-0.4, -0.2) is 26.4 Å². The minimum atomic E-state index is -0.409. The molecule has 0 spiro atoms. The van der Waals surface area contributed by atoms with Gasteiger partial charge in [0.05, 0.1) is 31.7 Å². The average Bonchev–Trinajstić information content (AvgIpc) is 3.19. The van der Waals surface area contributed by atoms with Crippen LogP contribution in [0, 0.1) is 26.1 Å². The van der Waals surface area contributed by atoms with Crippen molar-refractivity contribution in [2.24, 2.45) is 5.92 Å². The Morgan fingerprint density at radius 2 is 1.68 bits per heavy atom. The molecule has 1 amide bonds. The lowest BCUT2D eigenvalue weighted by Gasteiger charge is -2.38. The van der Waals surface area contributed by atoms with E-state index >= 15 is 0 Å². The molecule has 1 aliphatic heterocycles. The van der Waals surface area contributed by atoms with Gasteiger partial charge in [-0.3, -0.25) is 25.0 Å². The van der Waals surface area contributed by atoms with Crippen LogP contribution in [0.5, 0.6) is 0 Å². The van der Waals surface area contributed by atoms with E-state index in [1.165, 1.54) is 30.8 Å². The molecule has 1 aliphatic carbocycles. The second-order valence-electron chi connectivity index (χ2n) is 9.17. The summed E-state index contributed by atoms with van der Waals surface area (Å²) in [5.41, 5.74) is 2.96. The number of halogens is 1. The largest absolute Gasteiger partial charge is 0.377 e. The Morgan fingerprint density at radius 1 is 1.00 bits per heavy atom. The lowest BCUT2D eigenvalue weighted by molar-refractivity contribution is -0.387. The van der Waals surface area contributed by atoms with Gasteiger partial charge in [0.2, 0.25) is 5.91 Å². The highest BCUT2D eigenvalue weighted by Gasteiger charge is 2.51. The maximum absolute atomic E-state index is 11.9. The number of para-hydroxylation sites is 2. The van der Waals surface area contributed by atoms with Crippen LogP contribution < -0.4 is 10.6 Å². The molecule has 11 heteroatoms. The zero-order valence-corrected chi connectivity index (χ0v) is 21.2. The van der Waals surface area contributed by atoms with Crippen LogP contribution in [0.2, 0.25) is 0 Å². The Bertz CT molecular complexity index is 1400. The zero-order chi connectivity index (χ0) is 26.3. The number of nitro benzene ring substituents is 2. The highest BCUT2D eigenvalue weighted by molar-refractivity contribution is 8.00. The van der Waals surface area contributed by atoms with Crippen molar-refractivity contribution >= 4 is 52.0 Å². The van der Waals surface area contributed by atoms with Crippen LogP contribution in [0.15, 0.2) is 71.6 Å². The van der Waals surface area contributed by atoms with Gasteiger partial charge in [0.15, 0.2) is 0 Å². The van der Waals surface area contributed by atoms with Crippen LogP contribution >= 0.6 is 23.4 Å². The highest BCUT2D eigenvalue weighted by Crippen LogP contribution is 2.59. The third kappa shape index (κ3) is 4.74. The van der Waals surface area contributed by atoms with E-state index in [1.54, 1.807) is 42.5 Å². The number of carbonyl (C=O) groups excluding carboxylic acids is 1. The van der Waals surface area contributed by atoms with Crippen molar-refractivity contribution < 1.29 is 14.6 Å². The molecule has 1 fully saturated rings. The number of carbonyl (C=O) groups is 1. The van der Waals surface area contributed by atoms with Gasteiger partial charge in [-0.2, -0.15) is 0 Å². The summed E-state index contributed by atoms with van der Waals surface area (Å²) in [6.07, 6.45) is 0.586. The zero-order valence-electron chi connectivity index (χ0n) is 19.7. The van der Waals surface area contributed by atoms with E-state index in [0.29, 0.717) is 22.6 Å². The second kappa shape index (κ2) is 10.0. The summed E-state index contributed by atoms with van der Waals surface area (Å²) in [6, 6.07) is 18.4. The number of nitrogens with one attached hydrogen (secondary N) is 2. The van der Waals surface area contributed by atoms with Gasteiger partial charge in [-0.1, -0.05) is 30.3 Å². The molecular formula is C26H23ClN4O5S. The average molecular weight is 539 g/mol. The highest BCUT2D eigenvalue weighted by atomic mass is 35.5. The fourth-order valence-electron chi connectivity index (χ4n) is 5.49. The maximum atomic E-state index is 11.9. The van der Waals surface area contributed by atoms with E-state index in [1.807, 2.05) is 12.1 Å². The van der Waals surface area contributed by atoms with Crippen molar-refractivity contribution in [2.45, 2.75) is 40.8 Å². The molecule has 0 saturated heterocycles. The van der Waals surface area contributed by atoms with Crippen LogP contribution in [0.1, 0.15) is 36.4 Å². The molecule has 5 rings (SSSR count). The summed E-state index contributed by atoms with van der Waals surface area (Å²) in [6.45, 7) is 1.43. The smallest absolute Gasteiger partial charge is 0.282 e. The van der Waals surface area contributed by atoms with Gasteiger partial charge >= 0.3 is 0 Å². The van der Waals surface area contributed by atoms with Gasteiger partial charge < -0.3 is 10.6 Å². The molecule has 5 atom stereocenters. The van der Waals surface area contributed by atoms with Crippen LogP contribution in [-0.2, 0) is 4.79 Å². The Hall–Kier alpha value is -3.63. The number of rotatable bonds is 6. The molecule has 0 radical (unpaired) electrons. The first kappa shape index (κ1) is 25.0. The quantitative estimate of drug-likeness (QED) is 0.208. The normalized spacial score (nSPS) is 23.9. The molecule has 0 bridgehead atoms. The predicted octanol–water partition coefficient (Wildman–Crippen LogP) is 6.50. The molecule has 0 aromatic heterocycles. The number of hydrogen-bond acceptors (Lipinski definition) is 7. The second-order valence-corrected chi connectivity index (χ2v) is 11.0. The topological polar surface area (TPSA) is 127 Å². The van der Waals surface area contributed by atoms with Gasteiger partial charge in [0.1, 0.15) is 0 Å². The van der Waals surface area contributed by atoms with Crippen molar-refractivity contribution in [1.82, 2.24) is 0 Å². The van der Waals surface area contributed by atoms with Crippen LogP contribution in [0.25, 0.3) is 0 Å². The van der Waals surface area contributed by atoms with E-state index in [2.05, 4.69) is 10.6 Å². The van der Waals surface area contributed by atoms with Crippen molar-refractivity contribution in [2.75, 3.05) is 10.6 Å². The third-order valence-corrected chi connectivity index (χ3v) is 9.06. The van der Waals surface area contributed by atoms with Crippen molar-refractivity contribution in [1.29, 1.82) is 0 Å². The van der Waals surface area contributed by atoms with Gasteiger partial charge in [0.25, 0.3) is 11.4 Å². The molecule has 2 aliphatic rings. The molecule has 2 N–H and O–H groups in total. The molecule has 9 nitrogen and oxygen atoms in total. The van der Waals surface area contributed by atoms with Crippen molar-refractivity contribution in [3.8, 4) is 0 Å². The van der Waals surface area contributed by atoms with Crippen LogP contribution in [0.3, 0.4) is 0 Å². The van der Waals surface area contributed by atoms with Gasteiger partial charge in [-0.25, -0.2) is 0 Å². The summed E-state index contributed by atoms with van der Waals surface area (Å²) in [4.78, 5) is 34.9. The number of nitrogens with zero attached hydrogens (tertiary/aromatic N) is 2. The number of anilines is 2. The number of nitro groups is 2. The summed E-state index contributed by atoms with van der Waals surface area (Å²) in [5.74, 6) is -0.516. The Kier molecular flexibility index (Phi) is 6.78. The first-order valence-electron chi connectivity index (χ1n) is 11.7. The fourth-order valence-corrected chi connectivity index (χ4v) is 7.44. The van der Waals surface area contributed by atoms with Gasteiger partial charge in [0, 0.05) is 41.6 Å². The van der Waals surface area contributed by atoms with Crippen molar-refractivity contribution in [3.63, 3.8) is 0 Å². The van der Waals surface area contributed by atoms with E-state index in [0.717, 1.165) is 11.3 Å². The molecule has 3 aromatic rings. The lowest BCUT2D eigenvalue weighted by Crippen LogP contribution is -2.31. The Balaban J connectivity index is 1.58. The van der Waals surface area contributed by atoms with Crippen molar-refractivity contribution in [3.05, 3.63) is 98.1 Å². The van der Waals surface area contributed by atoms with E-state index in [4.69, 9.17) is 11.6 Å². The summed E-state index contributed by atoms with van der Waals surface area (Å²) >= 11 is 8.51. The standard InChI is InChI=1S/C26H23ClN4O5S/c1-14(32)28-15-10-11-19-17(12-15)24-18(26(29-19)16-6-2-3-7-20(16)30(33)34)13-23(25(24)27)37-22-9-5-4-8-21(22)31(35)36/h2-12,18,23-26,29H,13H2,1H3,(H,28,32). The predicted molar refractivity (Wildman–Crippen MR) is 143 cm³/mol. The van der Waals surface area contributed by atoms with Gasteiger partial charge in [-0.05, 0) is 42.2 Å². The molecule has 5 unspecified atom stereocenters.